The summed E-state index contributed by atoms with van der Waals surface area (Å²) in [5, 5.41) is 4.40. The topological polar surface area (TPSA) is 67.3 Å². The highest BCUT2D eigenvalue weighted by Gasteiger charge is 2.21. The number of amides is 1. The summed E-state index contributed by atoms with van der Waals surface area (Å²) < 4.78 is 5.38. The molecule has 0 atom stereocenters. The number of pyridine rings is 2. The van der Waals surface area contributed by atoms with Crippen LogP contribution in [-0.4, -0.2) is 53.1 Å². The van der Waals surface area contributed by atoms with Crippen molar-refractivity contribution < 1.29 is 9.53 Å². The molecule has 0 radical (unpaired) electrons. The normalized spacial score (nSPS) is 18.9. The highest BCUT2D eigenvalue weighted by molar-refractivity contribution is 5.95. The van der Waals surface area contributed by atoms with E-state index in [-0.39, 0.29) is 5.91 Å². The van der Waals surface area contributed by atoms with Gasteiger partial charge in [-0.15, -0.1) is 0 Å². The number of anilines is 1. The van der Waals surface area contributed by atoms with Gasteiger partial charge in [-0.25, -0.2) is 9.97 Å². The maximum atomic E-state index is 12.5. The fourth-order valence-electron chi connectivity index (χ4n) is 3.35. The van der Waals surface area contributed by atoms with E-state index in [2.05, 4.69) is 15.3 Å². The molecule has 6 heteroatoms. The Kier molecular flexibility index (Phi) is 4.30. The van der Waals surface area contributed by atoms with E-state index in [1.165, 1.54) is 0 Å². The third-order valence-corrected chi connectivity index (χ3v) is 4.76. The van der Waals surface area contributed by atoms with Crippen LogP contribution in [0.2, 0.25) is 0 Å². The molecule has 1 N–H and O–H groups in total. The Labute approximate surface area is 141 Å². The van der Waals surface area contributed by atoms with Gasteiger partial charge >= 0.3 is 0 Å². The summed E-state index contributed by atoms with van der Waals surface area (Å²) in [4.78, 5) is 23.4. The minimum atomic E-state index is 0.0325. The number of nitrogens with zero attached hydrogens (tertiary/aromatic N) is 3. The number of rotatable bonds is 3. The summed E-state index contributed by atoms with van der Waals surface area (Å²) in [6.07, 6.45) is 5.96. The Bertz CT molecular complexity index is 737. The molecule has 4 heterocycles. The number of likely N-dealkylation sites (tertiary alicyclic amines) is 1. The second kappa shape index (κ2) is 6.73. The molecular formula is C18H22N4O2. The molecule has 0 saturated carbocycles. The Hall–Kier alpha value is -2.21. The van der Waals surface area contributed by atoms with E-state index in [4.69, 9.17) is 4.74 Å². The van der Waals surface area contributed by atoms with Crippen LogP contribution >= 0.6 is 0 Å². The summed E-state index contributed by atoms with van der Waals surface area (Å²) in [5.74, 6) is 0.845. The second-order valence-corrected chi connectivity index (χ2v) is 6.49. The summed E-state index contributed by atoms with van der Waals surface area (Å²) in [6, 6.07) is 6.05. The molecule has 2 aliphatic heterocycles. The van der Waals surface area contributed by atoms with E-state index < -0.39 is 0 Å². The first-order valence-corrected chi connectivity index (χ1v) is 8.70. The first-order chi connectivity index (χ1) is 11.8. The molecule has 0 aliphatic carbocycles. The van der Waals surface area contributed by atoms with E-state index >= 15 is 0 Å². The predicted molar refractivity (Wildman–Crippen MR) is 92.1 cm³/mol. The number of carbonyl (C=O) groups excluding carboxylic acids is 1. The number of fused-ring (bicyclic) bond motifs is 1. The number of nitrogens with one attached hydrogen (secondary N) is 1. The first-order valence-electron chi connectivity index (χ1n) is 8.70. The van der Waals surface area contributed by atoms with Crippen molar-refractivity contribution in [2.24, 2.45) is 0 Å². The minimum absolute atomic E-state index is 0.0325. The van der Waals surface area contributed by atoms with Crippen LogP contribution in [0.3, 0.4) is 0 Å². The monoisotopic (exact) mass is 326 g/mol. The van der Waals surface area contributed by atoms with Crippen LogP contribution in [0.15, 0.2) is 24.4 Å². The lowest BCUT2D eigenvalue weighted by molar-refractivity contribution is 0.0787. The van der Waals surface area contributed by atoms with E-state index in [9.17, 15) is 4.79 Å². The maximum absolute atomic E-state index is 12.5. The zero-order chi connectivity index (χ0) is 16.4. The molecule has 126 valence electrons. The summed E-state index contributed by atoms with van der Waals surface area (Å²) in [7, 11) is 0. The van der Waals surface area contributed by atoms with Crippen LogP contribution in [0.1, 0.15) is 36.2 Å². The van der Waals surface area contributed by atoms with Gasteiger partial charge in [0.1, 0.15) is 11.5 Å². The van der Waals surface area contributed by atoms with Gasteiger partial charge < -0.3 is 15.0 Å². The lowest BCUT2D eigenvalue weighted by atomic mass is 10.1. The molecule has 2 fully saturated rings. The minimum Gasteiger partial charge on any atom is -0.381 e. The molecule has 0 bridgehead atoms. The van der Waals surface area contributed by atoms with Gasteiger partial charge in [0.15, 0.2) is 0 Å². The lowest BCUT2D eigenvalue weighted by Crippen LogP contribution is -2.28. The smallest absolute Gasteiger partial charge is 0.272 e. The van der Waals surface area contributed by atoms with Crippen molar-refractivity contribution in [1.29, 1.82) is 0 Å². The average molecular weight is 326 g/mol. The van der Waals surface area contributed by atoms with Gasteiger partial charge in [0.25, 0.3) is 5.91 Å². The van der Waals surface area contributed by atoms with E-state index in [0.717, 1.165) is 68.7 Å². The molecule has 0 spiro atoms. The van der Waals surface area contributed by atoms with E-state index in [1.54, 1.807) is 6.07 Å². The maximum Gasteiger partial charge on any atom is 0.272 e. The quantitative estimate of drug-likeness (QED) is 0.938. The molecule has 2 aromatic rings. The zero-order valence-electron chi connectivity index (χ0n) is 13.7. The first kappa shape index (κ1) is 15.3. The van der Waals surface area contributed by atoms with Crippen LogP contribution in [0.4, 0.5) is 5.82 Å². The summed E-state index contributed by atoms with van der Waals surface area (Å²) >= 11 is 0. The van der Waals surface area contributed by atoms with E-state index in [1.807, 2.05) is 23.2 Å². The zero-order valence-corrected chi connectivity index (χ0v) is 13.7. The van der Waals surface area contributed by atoms with Crippen LogP contribution in [-0.2, 0) is 4.74 Å². The van der Waals surface area contributed by atoms with Crippen molar-refractivity contribution in [3.8, 4) is 0 Å². The number of aromatic nitrogens is 2. The molecule has 24 heavy (non-hydrogen) atoms. The van der Waals surface area contributed by atoms with Crippen LogP contribution in [0.25, 0.3) is 10.9 Å². The third kappa shape index (κ3) is 3.19. The molecule has 2 aromatic heterocycles. The Morgan fingerprint density at radius 3 is 2.79 bits per heavy atom. The van der Waals surface area contributed by atoms with Crippen LogP contribution in [0.5, 0.6) is 0 Å². The SMILES string of the molecule is O=C(c1ccc2cnc(NC3CCOCC3)cc2n1)N1CCCC1. The highest BCUT2D eigenvalue weighted by atomic mass is 16.5. The van der Waals surface area contributed by atoms with Crippen molar-refractivity contribution in [2.75, 3.05) is 31.6 Å². The molecule has 6 nitrogen and oxygen atoms in total. The Morgan fingerprint density at radius 2 is 2.00 bits per heavy atom. The van der Waals surface area contributed by atoms with Gasteiger partial charge in [0.2, 0.25) is 0 Å². The van der Waals surface area contributed by atoms with Crippen molar-refractivity contribution in [2.45, 2.75) is 31.7 Å². The molecule has 4 rings (SSSR count). The van der Waals surface area contributed by atoms with E-state index in [0.29, 0.717) is 11.7 Å². The second-order valence-electron chi connectivity index (χ2n) is 6.49. The van der Waals surface area contributed by atoms with Crippen molar-refractivity contribution >= 4 is 22.6 Å². The van der Waals surface area contributed by atoms with Crippen LogP contribution in [0, 0.1) is 0 Å². The Morgan fingerprint density at radius 1 is 1.21 bits per heavy atom. The number of carbonyl (C=O) groups is 1. The van der Waals surface area contributed by atoms with Crippen molar-refractivity contribution in [1.82, 2.24) is 14.9 Å². The van der Waals surface area contributed by atoms with Gasteiger partial charge in [0, 0.05) is 50.0 Å². The number of hydrogen-bond donors (Lipinski definition) is 1. The summed E-state index contributed by atoms with van der Waals surface area (Å²) in [6.45, 7) is 3.26. The Balaban J connectivity index is 1.56. The van der Waals surface area contributed by atoms with Gasteiger partial charge in [-0.05, 0) is 37.8 Å². The average Bonchev–Trinajstić information content (AvgIpc) is 3.16. The van der Waals surface area contributed by atoms with Gasteiger partial charge in [-0.3, -0.25) is 4.79 Å². The summed E-state index contributed by atoms with van der Waals surface area (Å²) in [5.41, 5.74) is 1.33. The van der Waals surface area contributed by atoms with Crippen molar-refractivity contribution in [3.05, 3.63) is 30.1 Å². The van der Waals surface area contributed by atoms with Crippen molar-refractivity contribution in [3.63, 3.8) is 0 Å². The van der Waals surface area contributed by atoms with Gasteiger partial charge in [0.05, 0.1) is 5.52 Å². The fourth-order valence-corrected chi connectivity index (χ4v) is 3.35. The molecule has 0 aromatic carbocycles. The molecule has 0 unspecified atom stereocenters. The van der Waals surface area contributed by atoms with Gasteiger partial charge in [-0.1, -0.05) is 0 Å². The largest absolute Gasteiger partial charge is 0.381 e. The third-order valence-electron chi connectivity index (χ3n) is 4.76. The lowest BCUT2D eigenvalue weighted by Gasteiger charge is -2.23. The highest BCUT2D eigenvalue weighted by Crippen LogP contribution is 2.19. The van der Waals surface area contributed by atoms with Crippen LogP contribution < -0.4 is 5.32 Å². The predicted octanol–water partition coefficient (Wildman–Crippen LogP) is 2.46. The van der Waals surface area contributed by atoms with Gasteiger partial charge in [-0.2, -0.15) is 0 Å². The number of hydrogen-bond acceptors (Lipinski definition) is 5. The molecule has 1 amide bonds. The molecular weight excluding hydrogens is 304 g/mol. The molecule has 2 saturated heterocycles. The standard InChI is InChI=1S/C18H22N4O2/c23-18(22-7-1-2-8-22)15-4-3-13-12-19-17(11-16(13)21-15)20-14-5-9-24-10-6-14/h3-4,11-12,14H,1-2,5-10H2,(H,19,20). The number of ether oxygens (including phenoxy) is 1. The molecule has 2 aliphatic rings. The fraction of sp³-hybridized carbons (Fsp3) is 0.500.